The number of halogens is 1. The predicted octanol–water partition coefficient (Wildman–Crippen LogP) is 4.60. The number of hydrogen-bond donors (Lipinski definition) is 1. The number of aromatic hydroxyl groups is 1. The van der Waals surface area contributed by atoms with Crippen molar-refractivity contribution in [3.63, 3.8) is 0 Å². The summed E-state index contributed by atoms with van der Waals surface area (Å²) in [7, 11) is 0. The monoisotopic (exact) mass is 429 g/mol. The number of benzene rings is 2. The van der Waals surface area contributed by atoms with E-state index in [0.29, 0.717) is 34.3 Å². The molecule has 0 spiro atoms. The quantitative estimate of drug-likeness (QED) is 0.601. The lowest BCUT2D eigenvalue weighted by Crippen LogP contribution is -2.14. The number of aromatic nitrogens is 1. The van der Waals surface area contributed by atoms with Gasteiger partial charge in [0.25, 0.3) is 5.91 Å². The fraction of sp³-hybridized carbons (Fsp3) is 0.238. The first-order chi connectivity index (χ1) is 12.9. The van der Waals surface area contributed by atoms with Crippen LogP contribution >= 0.6 is 15.9 Å². The molecule has 1 aromatic heterocycles. The molecule has 0 bridgehead atoms. The van der Waals surface area contributed by atoms with Crippen molar-refractivity contribution in [2.24, 2.45) is 0 Å². The molecule has 2 aromatic carbocycles. The summed E-state index contributed by atoms with van der Waals surface area (Å²) in [6, 6.07) is 11.9. The maximum Gasteiger partial charge on any atom is 0.310 e. The first kappa shape index (κ1) is 19.2. The van der Waals surface area contributed by atoms with E-state index < -0.39 is 0 Å². The van der Waals surface area contributed by atoms with Crippen molar-refractivity contribution in [2.75, 3.05) is 6.61 Å². The van der Waals surface area contributed by atoms with Gasteiger partial charge in [-0.2, -0.15) is 0 Å². The smallest absolute Gasteiger partial charge is 0.310 e. The van der Waals surface area contributed by atoms with E-state index in [-0.39, 0.29) is 24.0 Å². The highest BCUT2D eigenvalue weighted by molar-refractivity contribution is 9.10. The fourth-order valence-corrected chi connectivity index (χ4v) is 3.35. The van der Waals surface area contributed by atoms with Crippen molar-refractivity contribution in [1.29, 1.82) is 0 Å². The van der Waals surface area contributed by atoms with Crippen LogP contribution < -0.4 is 0 Å². The van der Waals surface area contributed by atoms with Gasteiger partial charge in [0, 0.05) is 21.1 Å². The Balaban J connectivity index is 2.10. The van der Waals surface area contributed by atoms with E-state index in [9.17, 15) is 14.7 Å². The molecule has 0 aliphatic heterocycles. The van der Waals surface area contributed by atoms with E-state index in [4.69, 9.17) is 4.74 Å². The van der Waals surface area contributed by atoms with Gasteiger partial charge in [0.05, 0.1) is 18.5 Å². The molecule has 0 amide bonds. The van der Waals surface area contributed by atoms with E-state index in [1.165, 1.54) is 6.07 Å². The van der Waals surface area contributed by atoms with Gasteiger partial charge in [0.15, 0.2) is 0 Å². The second kappa shape index (κ2) is 7.96. The van der Waals surface area contributed by atoms with Gasteiger partial charge >= 0.3 is 5.97 Å². The van der Waals surface area contributed by atoms with Crippen molar-refractivity contribution < 1.29 is 19.4 Å². The second-order valence-electron chi connectivity index (χ2n) is 6.31. The molecule has 3 aromatic rings. The number of carbonyl (C=O) groups excluding carboxylic acids is 2. The molecule has 1 N–H and O–H groups in total. The molecular formula is C21H20BrNO4. The maximum atomic E-state index is 13.1. The minimum atomic E-state index is -0.349. The Hall–Kier alpha value is -2.60. The summed E-state index contributed by atoms with van der Waals surface area (Å²) in [6.07, 6.45) is 0.793. The summed E-state index contributed by atoms with van der Waals surface area (Å²) in [5.74, 6) is -0.457. The van der Waals surface area contributed by atoms with Crippen LogP contribution in [0.3, 0.4) is 0 Å². The third-order valence-electron chi connectivity index (χ3n) is 4.40. The van der Waals surface area contributed by atoms with Crippen LogP contribution in [0.4, 0.5) is 0 Å². The number of fused-ring (bicyclic) bond motifs is 1. The zero-order valence-corrected chi connectivity index (χ0v) is 16.7. The molecular weight excluding hydrogens is 410 g/mol. The molecule has 0 saturated heterocycles. The normalized spacial score (nSPS) is 10.9. The van der Waals surface area contributed by atoms with E-state index in [1.807, 2.05) is 19.1 Å². The lowest BCUT2D eigenvalue weighted by Gasteiger charge is -2.08. The van der Waals surface area contributed by atoms with Crippen LogP contribution in [0.15, 0.2) is 46.9 Å². The third kappa shape index (κ3) is 3.90. The highest BCUT2D eigenvalue weighted by Gasteiger charge is 2.22. The van der Waals surface area contributed by atoms with Crippen LogP contribution in [-0.4, -0.2) is 28.2 Å². The van der Waals surface area contributed by atoms with Crippen LogP contribution in [0.1, 0.15) is 35.0 Å². The average Bonchev–Trinajstić information content (AvgIpc) is 2.91. The Morgan fingerprint density at radius 3 is 2.52 bits per heavy atom. The Labute approximate surface area is 165 Å². The largest absolute Gasteiger partial charge is 0.508 e. The van der Waals surface area contributed by atoms with Crippen LogP contribution in [0.25, 0.3) is 10.9 Å². The van der Waals surface area contributed by atoms with Gasteiger partial charge in [-0.15, -0.1) is 0 Å². The molecule has 3 rings (SSSR count). The van der Waals surface area contributed by atoms with Crippen LogP contribution in [0.5, 0.6) is 5.75 Å². The highest BCUT2D eigenvalue weighted by atomic mass is 79.9. The second-order valence-corrected chi connectivity index (χ2v) is 7.23. The predicted molar refractivity (Wildman–Crippen MR) is 107 cm³/mol. The molecule has 0 aliphatic carbocycles. The summed E-state index contributed by atoms with van der Waals surface area (Å²) in [4.78, 5) is 25.3. The van der Waals surface area contributed by atoms with Crippen molar-refractivity contribution in [1.82, 2.24) is 4.57 Å². The summed E-state index contributed by atoms with van der Waals surface area (Å²) in [5, 5.41) is 10.6. The van der Waals surface area contributed by atoms with Crippen molar-refractivity contribution in [2.45, 2.75) is 26.7 Å². The van der Waals surface area contributed by atoms with E-state index in [1.54, 1.807) is 35.8 Å². The van der Waals surface area contributed by atoms with Gasteiger partial charge < -0.3 is 9.84 Å². The zero-order chi connectivity index (χ0) is 19.6. The van der Waals surface area contributed by atoms with Crippen molar-refractivity contribution in [3.05, 3.63) is 63.8 Å². The minimum Gasteiger partial charge on any atom is -0.508 e. The maximum absolute atomic E-state index is 13.1. The van der Waals surface area contributed by atoms with Gasteiger partial charge in [-0.1, -0.05) is 22.9 Å². The number of phenolic OH excluding ortho intramolecular Hbond substituents is 1. The molecule has 27 heavy (non-hydrogen) atoms. The number of carbonyl (C=O) groups is 2. The molecule has 0 aliphatic rings. The topological polar surface area (TPSA) is 68.5 Å². The Kier molecular flexibility index (Phi) is 5.65. The fourth-order valence-electron chi connectivity index (χ4n) is 3.09. The minimum absolute atomic E-state index is 0.0480. The number of hydrogen-bond acceptors (Lipinski definition) is 4. The van der Waals surface area contributed by atoms with Crippen molar-refractivity contribution in [3.8, 4) is 5.75 Å². The van der Waals surface area contributed by atoms with E-state index in [2.05, 4.69) is 15.9 Å². The Morgan fingerprint density at radius 1 is 1.15 bits per heavy atom. The number of rotatable bonds is 5. The first-order valence-electron chi connectivity index (χ1n) is 8.71. The SMILES string of the molecule is CCCOC(=O)Cc1c(C)n(C(=O)c2ccc(Br)cc2)c2ccc(O)cc12. The standard InChI is InChI=1S/C21H20BrNO4/c1-3-10-27-20(25)12-17-13(2)23(19-9-8-16(24)11-18(17)19)21(26)14-4-6-15(22)7-5-14/h4-9,11,24H,3,10,12H2,1-2H3. The molecule has 0 saturated carbocycles. The molecule has 1 heterocycles. The molecule has 0 fully saturated rings. The lowest BCUT2D eigenvalue weighted by atomic mass is 10.1. The van der Waals surface area contributed by atoms with Gasteiger partial charge in [-0.05, 0) is 61.4 Å². The number of nitrogens with zero attached hydrogens (tertiary/aromatic N) is 1. The van der Waals surface area contributed by atoms with Crippen LogP contribution in [0, 0.1) is 6.92 Å². The summed E-state index contributed by atoms with van der Waals surface area (Å²) in [6.45, 7) is 4.09. The van der Waals surface area contributed by atoms with Crippen LogP contribution in [0.2, 0.25) is 0 Å². The average molecular weight is 430 g/mol. The van der Waals surface area contributed by atoms with Gasteiger partial charge in [-0.25, -0.2) is 0 Å². The summed E-state index contributed by atoms with van der Waals surface area (Å²) >= 11 is 3.37. The molecule has 140 valence electrons. The Morgan fingerprint density at radius 2 is 1.85 bits per heavy atom. The third-order valence-corrected chi connectivity index (χ3v) is 4.93. The molecule has 0 radical (unpaired) electrons. The lowest BCUT2D eigenvalue weighted by molar-refractivity contribution is -0.142. The first-order valence-corrected chi connectivity index (χ1v) is 9.50. The van der Waals surface area contributed by atoms with Gasteiger partial charge in [0.1, 0.15) is 5.75 Å². The van der Waals surface area contributed by atoms with Gasteiger partial charge in [0.2, 0.25) is 0 Å². The van der Waals surface area contributed by atoms with Gasteiger partial charge in [-0.3, -0.25) is 14.2 Å². The number of ether oxygens (including phenoxy) is 1. The molecule has 0 unspecified atom stereocenters. The van der Waals surface area contributed by atoms with Crippen molar-refractivity contribution >= 4 is 38.7 Å². The van der Waals surface area contributed by atoms with Crippen LogP contribution in [-0.2, 0) is 16.0 Å². The Bertz CT molecular complexity index is 1010. The summed E-state index contributed by atoms with van der Waals surface area (Å²) in [5.41, 5.74) is 2.53. The molecule has 5 nitrogen and oxygen atoms in total. The molecule has 0 atom stereocenters. The number of phenols is 1. The highest BCUT2D eigenvalue weighted by Crippen LogP contribution is 2.30. The van der Waals surface area contributed by atoms with E-state index in [0.717, 1.165) is 10.9 Å². The number of esters is 1. The summed E-state index contributed by atoms with van der Waals surface area (Å²) < 4.78 is 7.67. The van der Waals surface area contributed by atoms with E-state index >= 15 is 0 Å². The molecule has 6 heteroatoms. The zero-order valence-electron chi connectivity index (χ0n) is 15.2.